The molecule has 4 aromatic rings. The van der Waals surface area contributed by atoms with E-state index in [9.17, 15) is 9.18 Å². The van der Waals surface area contributed by atoms with Crippen molar-refractivity contribution in [2.75, 3.05) is 5.32 Å². The van der Waals surface area contributed by atoms with Gasteiger partial charge in [-0.05, 0) is 12.1 Å². The largest absolute Gasteiger partial charge is 0.309 e. The highest BCUT2D eigenvalue weighted by Gasteiger charge is 2.13. The van der Waals surface area contributed by atoms with E-state index in [1.807, 2.05) is 36.4 Å². The Labute approximate surface area is 160 Å². The highest BCUT2D eigenvalue weighted by molar-refractivity contribution is 5.90. The van der Waals surface area contributed by atoms with Gasteiger partial charge >= 0.3 is 0 Å². The number of halogens is 1. The van der Waals surface area contributed by atoms with Crippen molar-refractivity contribution in [3.63, 3.8) is 0 Å². The molecule has 1 amide bonds. The number of rotatable bonds is 5. The lowest BCUT2D eigenvalue weighted by atomic mass is 10.2. The summed E-state index contributed by atoms with van der Waals surface area (Å²) in [4.78, 5) is 16.4. The molecule has 28 heavy (non-hydrogen) atoms. The summed E-state index contributed by atoms with van der Waals surface area (Å²) in [6, 6.07) is 14.4. The number of anilines is 1. The van der Waals surface area contributed by atoms with Gasteiger partial charge in [0, 0.05) is 36.6 Å². The maximum atomic E-state index is 13.8. The fourth-order valence-electron chi connectivity index (χ4n) is 2.83. The molecule has 7 nitrogen and oxygen atoms in total. The van der Waals surface area contributed by atoms with Crippen LogP contribution >= 0.6 is 0 Å². The molecule has 0 spiro atoms. The van der Waals surface area contributed by atoms with Gasteiger partial charge in [-0.2, -0.15) is 10.2 Å². The molecule has 0 aliphatic rings. The summed E-state index contributed by atoms with van der Waals surface area (Å²) < 4.78 is 16.9. The van der Waals surface area contributed by atoms with Gasteiger partial charge in [-0.3, -0.25) is 19.1 Å². The van der Waals surface area contributed by atoms with E-state index in [1.54, 1.807) is 17.9 Å². The molecule has 0 aliphatic carbocycles. The van der Waals surface area contributed by atoms with Crippen LogP contribution in [0.4, 0.5) is 10.2 Å². The molecule has 0 aliphatic heterocycles. The summed E-state index contributed by atoms with van der Waals surface area (Å²) in [7, 11) is 1.76. The molecular weight excluding hydrogens is 359 g/mol. The molecular formula is C20H17FN6O. The van der Waals surface area contributed by atoms with Crippen LogP contribution < -0.4 is 5.32 Å². The second-order valence-electron chi connectivity index (χ2n) is 6.21. The number of pyridine rings is 1. The first kappa shape index (κ1) is 17.6. The van der Waals surface area contributed by atoms with Crippen LogP contribution in [0.3, 0.4) is 0 Å². The fourth-order valence-corrected chi connectivity index (χ4v) is 2.83. The van der Waals surface area contributed by atoms with Gasteiger partial charge in [0.15, 0.2) is 0 Å². The SMILES string of the molecule is Cn1nc(-c2ccccc2)cc1NC(=O)Cn1cc(-c2ncccc2F)cn1. The zero-order valence-corrected chi connectivity index (χ0v) is 15.1. The first-order chi connectivity index (χ1) is 13.6. The molecule has 4 rings (SSSR count). The maximum absolute atomic E-state index is 13.8. The Morgan fingerprint density at radius 2 is 1.96 bits per heavy atom. The number of amides is 1. The molecule has 0 bridgehead atoms. The Morgan fingerprint density at radius 3 is 2.75 bits per heavy atom. The molecule has 0 fully saturated rings. The van der Waals surface area contributed by atoms with Gasteiger partial charge in [0.25, 0.3) is 0 Å². The number of nitrogens with one attached hydrogen (secondary N) is 1. The normalized spacial score (nSPS) is 10.8. The highest BCUT2D eigenvalue weighted by atomic mass is 19.1. The van der Waals surface area contributed by atoms with Gasteiger partial charge in [-0.15, -0.1) is 0 Å². The topological polar surface area (TPSA) is 77.6 Å². The van der Waals surface area contributed by atoms with Crippen LogP contribution in [0, 0.1) is 5.82 Å². The van der Waals surface area contributed by atoms with Crippen LogP contribution in [0.5, 0.6) is 0 Å². The summed E-state index contributed by atoms with van der Waals surface area (Å²) in [6.07, 6.45) is 4.58. The Morgan fingerprint density at radius 1 is 1.14 bits per heavy atom. The molecule has 3 heterocycles. The van der Waals surface area contributed by atoms with Crippen molar-refractivity contribution in [3.05, 3.63) is 72.9 Å². The van der Waals surface area contributed by atoms with E-state index in [0.29, 0.717) is 11.4 Å². The average Bonchev–Trinajstić information content (AvgIpc) is 3.30. The molecule has 140 valence electrons. The second-order valence-corrected chi connectivity index (χ2v) is 6.21. The minimum atomic E-state index is -0.435. The molecule has 0 unspecified atom stereocenters. The predicted octanol–water partition coefficient (Wildman–Crippen LogP) is 3.12. The third-order valence-corrected chi connectivity index (χ3v) is 4.19. The molecule has 3 aromatic heterocycles. The van der Waals surface area contributed by atoms with Crippen molar-refractivity contribution >= 4 is 11.7 Å². The first-order valence-electron chi connectivity index (χ1n) is 8.63. The highest BCUT2D eigenvalue weighted by Crippen LogP contribution is 2.21. The Kier molecular flexibility index (Phi) is 4.67. The van der Waals surface area contributed by atoms with Crippen molar-refractivity contribution < 1.29 is 9.18 Å². The van der Waals surface area contributed by atoms with Crippen LogP contribution in [0.1, 0.15) is 0 Å². The monoisotopic (exact) mass is 376 g/mol. The van der Waals surface area contributed by atoms with Crippen LogP contribution in [0.25, 0.3) is 22.5 Å². The number of aromatic nitrogens is 5. The van der Waals surface area contributed by atoms with Crippen molar-refractivity contribution in [2.45, 2.75) is 6.54 Å². The molecule has 0 saturated carbocycles. The average molecular weight is 376 g/mol. The van der Waals surface area contributed by atoms with Crippen molar-refractivity contribution in [1.29, 1.82) is 0 Å². The van der Waals surface area contributed by atoms with Gasteiger partial charge in [0.1, 0.15) is 23.9 Å². The molecule has 0 saturated heterocycles. The smallest absolute Gasteiger partial charge is 0.247 e. The van der Waals surface area contributed by atoms with E-state index in [4.69, 9.17) is 0 Å². The van der Waals surface area contributed by atoms with Crippen LogP contribution in [0.2, 0.25) is 0 Å². The number of hydrogen-bond donors (Lipinski definition) is 1. The number of carbonyl (C=O) groups excluding carboxylic acids is 1. The Hall–Kier alpha value is -3.81. The predicted molar refractivity (Wildman–Crippen MR) is 103 cm³/mol. The molecule has 0 radical (unpaired) electrons. The maximum Gasteiger partial charge on any atom is 0.247 e. The quantitative estimate of drug-likeness (QED) is 0.581. The lowest BCUT2D eigenvalue weighted by Crippen LogP contribution is -2.20. The van der Waals surface area contributed by atoms with E-state index in [0.717, 1.165) is 11.3 Å². The van der Waals surface area contributed by atoms with Crippen molar-refractivity contribution in [2.24, 2.45) is 7.05 Å². The molecule has 0 atom stereocenters. The minimum Gasteiger partial charge on any atom is -0.309 e. The summed E-state index contributed by atoms with van der Waals surface area (Å²) in [5.41, 5.74) is 2.45. The van der Waals surface area contributed by atoms with Crippen LogP contribution in [-0.4, -0.2) is 30.5 Å². The van der Waals surface area contributed by atoms with E-state index < -0.39 is 5.82 Å². The van der Waals surface area contributed by atoms with E-state index >= 15 is 0 Å². The molecule has 1 aromatic carbocycles. The van der Waals surface area contributed by atoms with Crippen molar-refractivity contribution in [3.8, 4) is 22.5 Å². The van der Waals surface area contributed by atoms with Crippen molar-refractivity contribution in [1.82, 2.24) is 24.5 Å². The van der Waals surface area contributed by atoms with Gasteiger partial charge in [-0.1, -0.05) is 30.3 Å². The van der Waals surface area contributed by atoms with Crippen LogP contribution in [0.15, 0.2) is 67.1 Å². The summed E-state index contributed by atoms with van der Waals surface area (Å²) in [6.45, 7) is -0.0136. The summed E-state index contributed by atoms with van der Waals surface area (Å²) >= 11 is 0. The van der Waals surface area contributed by atoms with E-state index in [1.165, 1.54) is 29.2 Å². The first-order valence-corrected chi connectivity index (χ1v) is 8.63. The van der Waals surface area contributed by atoms with Gasteiger partial charge in [-0.25, -0.2) is 4.39 Å². The lowest BCUT2D eigenvalue weighted by Gasteiger charge is -2.05. The second kappa shape index (κ2) is 7.43. The minimum absolute atomic E-state index is 0.0136. The number of aryl methyl sites for hydroxylation is 1. The third kappa shape index (κ3) is 3.66. The molecule has 1 N–H and O–H groups in total. The Bertz CT molecular complexity index is 1120. The fraction of sp³-hybridized carbons (Fsp3) is 0.100. The van der Waals surface area contributed by atoms with Crippen LogP contribution in [-0.2, 0) is 18.4 Å². The Balaban J connectivity index is 1.46. The van der Waals surface area contributed by atoms with Gasteiger partial charge in [0.05, 0.1) is 11.9 Å². The summed E-state index contributed by atoms with van der Waals surface area (Å²) in [5.74, 6) is -0.124. The van der Waals surface area contributed by atoms with Gasteiger partial charge in [0.2, 0.25) is 5.91 Å². The van der Waals surface area contributed by atoms with E-state index in [-0.39, 0.29) is 18.1 Å². The van der Waals surface area contributed by atoms with E-state index in [2.05, 4.69) is 20.5 Å². The number of nitrogens with zero attached hydrogens (tertiary/aromatic N) is 5. The lowest BCUT2D eigenvalue weighted by molar-refractivity contribution is -0.116. The number of carbonyl (C=O) groups is 1. The third-order valence-electron chi connectivity index (χ3n) is 4.19. The number of benzene rings is 1. The number of hydrogen-bond acceptors (Lipinski definition) is 4. The standard InChI is InChI=1S/C20H17FN6O/c1-26-18(10-17(25-26)14-6-3-2-4-7-14)24-19(28)13-27-12-15(11-23-27)20-16(21)8-5-9-22-20/h2-12H,13H2,1H3,(H,24,28). The zero-order valence-electron chi connectivity index (χ0n) is 15.1. The summed E-state index contributed by atoms with van der Waals surface area (Å²) in [5, 5.41) is 11.4. The van der Waals surface area contributed by atoms with Gasteiger partial charge < -0.3 is 5.32 Å². The molecule has 8 heteroatoms. The zero-order chi connectivity index (χ0) is 19.5.